The van der Waals surface area contributed by atoms with Crippen LogP contribution in [0.15, 0.2) is 12.1 Å². The second kappa shape index (κ2) is 2.97. The molecule has 72 valence electrons. The summed E-state index contributed by atoms with van der Waals surface area (Å²) in [6.07, 6.45) is 0. The Balaban J connectivity index is 2.21. The first-order chi connectivity index (χ1) is 6.07. The van der Waals surface area contributed by atoms with E-state index in [1.807, 2.05) is 6.07 Å². The number of halogens is 1. The van der Waals surface area contributed by atoms with Gasteiger partial charge < -0.3 is 5.73 Å². The summed E-state index contributed by atoms with van der Waals surface area (Å²) in [5.41, 5.74) is 6.09. The average molecular weight is 216 g/mol. The Kier molecular flexibility index (Phi) is 2.17. The third-order valence-electron chi connectivity index (χ3n) is 3.20. The summed E-state index contributed by atoms with van der Waals surface area (Å²) in [6.45, 7) is 5.35. The Bertz CT molecular complexity index is 318. The maximum absolute atomic E-state index is 5.90. The summed E-state index contributed by atoms with van der Waals surface area (Å²) in [5, 5.41) is 0. The molecule has 0 bridgehead atoms. The zero-order valence-electron chi connectivity index (χ0n) is 7.88. The van der Waals surface area contributed by atoms with Crippen LogP contribution in [0.1, 0.15) is 24.6 Å². The molecule has 0 aromatic carbocycles. The SMILES string of the molecule is CC1(C)C(CN)C1c1ccc(Cl)s1. The van der Waals surface area contributed by atoms with Crippen molar-refractivity contribution in [2.75, 3.05) is 6.54 Å². The van der Waals surface area contributed by atoms with Crippen molar-refractivity contribution in [3.8, 4) is 0 Å². The Hall–Kier alpha value is -0.0500. The molecule has 1 saturated carbocycles. The Morgan fingerprint density at radius 2 is 2.23 bits per heavy atom. The molecule has 1 aromatic rings. The van der Waals surface area contributed by atoms with Crippen molar-refractivity contribution in [1.29, 1.82) is 0 Å². The largest absolute Gasteiger partial charge is 0.330 e. The van der Waals surface area contributed by atoms with Crippen LogP contribution in [-0.2, 0) is 0 Å². The highest BCUT2D eigenvalue weighted by molar-refractivity contribution is 7.16. The van der Waals surface area contributed by atoms with Crippen molar-refractivity contribution >= 4 is 22.9 Å². The van der Waals surface area contributed by atoms with Crippen LogP contribution >= 0.6 is 22.9 Å². The fourth-order valence-corrected chi connectivity index (χ4v) is 3.67. The van der Waals surface area contributed by atoms with Gasteiger partial charge in [0.2, 0.25) is 0 Å². The minimum Gasteiger partial charge on any atom is -0.330 e. The second-order valence-corrected chi connectivity index (χ2v) is 6.03. The van der Waals surface area contributed by atoms with E-state index in [9.17, 15) is 0 Å². The summed E-state index contributed by atoms with van der Waals surface area (Å²) in [4.78, 5) is 1.39. The van der Waals surface area contributed by atoms with Crippen LogP contribution < -0.4 is 5.73 Å². The first-order valence-corrected chi connectivity index (χ1v) is 5.72. The summed E-state index contributed by atoms with van der Waals surface area (Å²) >= 11 is 7.59. The first kappa shape index (κ1) is 9.50. The lowest BCUT2D eigenvalue weighted by Crippen LogP contribution is -2.05. The van der Waals surface area contributed by atoms with Gasteiger partial charge in [0.05, 0.1) is 4.34 Å². The maximum atomic E-state index is 5.90. The third-order valence-corrected chi connectivity index (χ3v) is 4.52. The standard InChI is InChI=1S/C10H14ClNS/c1-10(2)6(5-12)9(10)7-3-4-8(11)13-7/h3-4,6,9H,5,12H2,1-2H3. The van der Waals surface area contributed by atoms with E-state index in [-0.39, 0.29) is 0 Å². The number of hydrogen-bond donors (Lipinski definition) is 1. The fraction of sp³-hybridized carbons (Fsp3) is 0.600. The van der Waals surface area contributed by atoms with Gasteiger partial charge in [0.15, 0.2) is 0 Å². The summed E-state index contributed by atoms with van der Waals surface area (Å²) < 4.78 is 0.883. The van der Waals surface area contributed by atoms with E-state index in [1.54, 1.807) is 11.3 Å². The molecule has 0 radical (unpaired) electrons. The summed E-state index contributed by atoms with van der Waals surface area (Å²) in [5.74, 6) is 1.28. The highest BCUT2D eigenvalue weighted by atomic mass is 35.5. The van der Waals surface area contributed by atoms with Gasteiger partial charge in [-0.2, -0.15) is 0 Å². The van der Waals surface area contributed by atoms with Gasteiger partial charge in [0.25, 0.3) is 0 Å². The zero-order valence-corrected chi connectivity index (χ0v) is 9.45. The van der Waals surface area contributed by atoms with E-state index >= 15 is 0 Å². The molecule has 1 nitrogen and oxygen atoms in total. The van der Waals surface area contributed by atoms with Crippen LogP contribution in [0.3, 0.4) is 0 Å². The molecule has 2 unspecified atom stereocenters. The lowest BCUT2D eigenvalue weighted by atomic mass is 10.1. The van der Waals surface area contributed by atoms with Gasteiger partial charge in [-0.3, -0.25) is 0 Å². The van der Waals surface area contributed by atoms with Crippen LogP contribution in [-0.4, -0.2) is 6.54 Å². The molecule has 1 aromatic heterocycles. The lowest BCUT2D eigenvalue weighted by molar-refractivity contribution is 0.559. The van der Waals surface area contributed by atoms with Crippen LogP contribution in [0.25, 0.3) is 0 Å². The zero-order chi connectivity index (χ0) is 9.64. The molecule has 1 aliphatic rings. The molecule has 0 amide bonds. The smallest absolute Gasteiger partial charge is 0.0931 e. The van der Waals surface area contributed by atoms with E-state index in [1.165, 1.54) is 4.88 Å². The number of nitrogens with two attached hydrogens (primary N) is 1. The van der Waals surface area contributed by atoms with Crippen molar-refractivity contribution in [2.24, 2.45) is 17.1 Å². The minimum atomic E-state index is 0.378. The number of rotatable bonds is 2. The highest BCUT2D eigenvalue weighted by Gasteiger charge is 2.57. The van der Waals surface area contributed by atoms with Crippen molar-refractivity contribution in [2.45, 2.75) is 19.8 Å². The van der Waals surface area contributed by atoms with Gasteiger partial charge in [-0.1, -0.05) is 25.4 Å². The average Bonchev–Trinajstić information content (AvgIpc) is 2.41. The molecule has 2 atom stereocenters. The van der Waals surface area contributed by atoms with Crippen molar-refractivity contribution in [1.82, 2.24) is 0 Å². The van der Waals surface area contributed by atoms with E-state index in [0.29, 0.717) is 17.3 Å². The molecule has 2 N–H and O–H groups in total. The van der Waals surface area contributed by atoms with E-state index in [2.05, 4.69) is 19.9 Å². The van der Waals surface area contributed by atoms with Crippen LogP contribution in [0.5, 0.6) is 0 Å². The van der Waals surface area contributed by atoms with Crippen LogP contribution in [0.4, 0.5) is 0 Å². The van der Waals surface area contributed by atoms with E-state index in [0.717, 1.165) is 10.9 Å². The van der Waals surface area contributed by atoms with Crippen molar-refractivity contribution in [3.63, 3.8) is 0 Å². The topological polar surface area (TPSA) is 26.0 Å². The number of hydrogen-bond acceptors (Lipinski definition) is 2. The maximum Gasteiger partial charge on any atom is 0.0931 e. The molecule has 1 aliphatic carbocycles. The predicted octanol–water partition coefficient (Wildman–Crippen LogP) is 3.10. The molecule has 13 heavy (non-hydrogen) atoms. The molecule has 0 saturated heterocycles. The van der Waals surface area contributed by atoms with Gasteiger partial charge >= 0.3 is 0 Å². The first-order valence-electron chi connectivity index (χ1n) is 4.52. The normalized spacial score (nSPS) is 30.5. The van der Waals surface area contributed by atoms with Gasteiger partial charge in [0, 0.05) is 10.8 Å². The van der Waals surface area contributed by atoms with Gasteiger partial charge in [-0.15, -0.1) is 11.3 Å². The minimum absolute atomic E-state index is 0.378. The summed E-state index contributed by atoms with van der Waals surface area (Å²) in [7, 11) is 0. The second-order valence-electron chi connectivity index (χ2n) is 4.28. The Morgan fingerprint density at radius 1 is 1.54 bits per heavy atom. The van der Waals surface area contributed by atoms with Gasteiger partial charge in [-0.25, -0.2) is 0 Å². The quantitative estimate of drug-likeness (QED) is 0.806. The molecular formula is C10H14ClNS. The van der Waals surface area contributed by atoms with Gasteiger partial charge in [0.1, 0.15) is 0 Å². The molecule has 1 fully saturated rings. The molecule has 1 heterocycles. The molecule has 0 spiro atoms. The number of thiophene rings is 1. The molecular weight excluding hydrogens is 202 g/mol. The Morgan fingerprint density at radius 3 is 2.62 bits per heavy atom. The van der Waals surface area contributed by atoms with E-state index in [4.69, 9.17) is 17.3 Å². The van der Waals surface area contributed by atoms with Crippen molar-refractivity contribution < 1.29 is 0 Å². The third kappa shape index (κ3) is 1.41. The fourth-order valence-electron chi connectivity index (χ4n) is 2.24. The summed E-state index contributed by atoms with van der Waals surface area (Å²) in [6, 6.07) is 4.11. The molecule has 0 aliphatic heterocycles. The predicted molar refractivity (Wildman–Crippen MR) is 58.4 cm³/mol. The van der Waals surface area contributed by atoms with Crippen molar-refractivity contribution in [3.05, 3.63) is 21.3 Å². The van der Waals surface area contributed by atoms with Crippen LogP contribution in [0, 0.1) is 11.3 Å². The molecule has 2 rings (SSSR count). The van der Waals surface area contributed by atoms with E-state index < -0.39 is 0 Å². The van der Waals surface area contributed by atoms with Gasteiger partial charge in [-0.05, 0) is 30.0 Å². The molecule has 3 heteroatoms. The lowest BCUT2D eigenvalue weighted by Gasteiger charge is -1.98. The van der Waals surface area contributed by atoms with Crippen LogP contribution in [0.2, 0.25) is 4.34 Å². The monoisotopic (exact) mass is 215 g/mol. The highest BCUT2D eigenvalue weighted by Crippen LogP contribution is 2.64. The Labute approximate surface area is 87.9 Å².